The molecule has 0 N–H and O–H groups in total. The Morgan fingerprint density at radius 3 is 2.70 bits per heavy atom. The molecule has 4 rings (SSSR count). The van der Waals surface area contributed by atoms with Crippen LogP contribution in [0.5, 0.6) is 5.88 Å². The van der Waals surface area contributed by atoms with Gasteiger partial charge in [0.2, 0.25) is 11.8 Å². The predicted octanol–water partition coefficient (Wildman–Crippen LogP) is 4.20. The highest BCUT2D eigenvalue weighted by Gasteiger charge is 2.19. The number of hydrogen-bond donors (Lipinski definition) is 0. The van der Waals surface area contributed by atoms with Crippen LogP contribution in [0.4, 0.5) is 14.7 Å². The van der Waals surface area contributed by atoms with Crippen LogP contribution >= 0.6 is 0 Å². The second-order valence-electron chi connectivity index (χ2n) is 6.61. The summed E-state index contributed by atoms with van der Waals surface area (Å²) >= 11 is 0. The average Bonchev–Trinajstić information content (AvgIpc) is 2.68. The maximum absolute atomic E-state index is 13.8. The summed E-state index contributed by atoms with van der Waals surface area (Å²) in [5.41, 5.74) is 3.52. The van der Waals surface area contributed by atoms with Crippen LogP contribution in [0.25, 0.3) is 0 Å². The number of halogens is 2. The topological polar surface area (TPSA) is 38.2 Å². The van der Waals surface area contributed by atoms with Gasteiger partial charge in [-0.05, 0) is 42.7 Å². The van der Waals surface area contributed by atoms with Crippen molar-refractivity contribution in [2.75, 3.05) is 11.4 Å². The van der Waals surface area contributed by atoms with E-state index in [9.17, 15) is 8.78 Å². The second-order valence-corrected chi connectivity index (χ2v) is 6.61. The Kier molecular flexibility index (Phi) is 4.71. The van der Waals surface area contributed by atoms with Gasteiger partial charge in [0.05, 0.1) is 0 Å². The molecule has 0 fully saturated rings. The minimum atomic E-state index is -0.505. The van der Waals surface area contributed by atoms with Crippen LogP contribution in [-0.4, -0.2) is 16.5 Å². The van der Waals surface area contributed by atoms with Crippen molar-refractivity contribution in [3.8, 4) is 5.88 Å². The van der Waals surface area contributed by atoms with E-state index >= 15 is 0 Å². The van der Waals surface area contributed by atoms with Crippen LogP contribution in [-0.2, 0) is 19.6 Å². The lowest BCUT2D eigenvalue weighted by Gasteiger charge is -2.29. The van der Waals surface area contributed by atoms with E-state index in [-0.39, 0.29) is 12.2 Å². The van der Waals surface area contributed by atoms with Crippen molar-refractivity contribution in [1.82, 2.24) is 9.97 Å². The summed E-state index contributed by atoms with van der Waals surface area (Å²) in [7, 11) is 0. The quantitative estimate of drug-likeness (QED) is 0.693. The SMILES string of the molecule is Cc1cc(OCc2cc(F)ccc2F)nc(N2CCc3ccccc3C2)n1. The molecule has 0 radical (unpaired) electrons. The molecule has 1 aliphatic rings. The van der Waals surface area contributed by atoms with Gasteiger partial charge in [0, 0.05) is 30.4 Å². The lowest BCUT2D eigenvalue weighted by molar-refractivity contribution is 0.286. The van der Waals surface area contributed by atoms with E-state index in [4.69, 9.17) is 4.74 Å². The maximum atomic E-state index is 13.8. The molecule has 0 atom stereocenters. The summed E-state index contributed by atoms with van der Waals surface area (Å²) in [5, 5.41) is 0. The summed E-state index contributed by atoms with van der Waals surface area (Å²) in [5.74, 6) is -0.0733. The van der Waals surface area contributed by atoms with Crippen LogP contribution in [0.15, 0.2) is 48.5 Å². The highest BCUT2D eigenvalue weighted by Crippen LogP contribution is 2.24. The Labute approximate surface area is 156 Å². The number of fused-ring (bicyclic) bond motifs is 1. The number of anilines is 1. The average molecular weight is 367 g/mol. The first-order valence-electron chi connectivity index (χ1n) is 8.82. The molecule has 0 saturated carbocycles. The van der Waals surface area contributed by atoms with E-state index in [0.29, 0.717) is 11.8 Å². The van der Waals surface area contributed by atoms with Crippen molar-refractivity contribution in [1.29, 1.82) is 0 Å². The van der Waals surface area contributed by atoms with Crippen LogP contribution < -0.4 is 9.64 Å². The standard InChI is InChI=1S/C21H19F2N3O/c1-14-10-20(27-13-17-11-18(22)6-7-19(17)23)25-21(24-14)26-9-8-15-4-2-3-5-16(15)12-26/h2-7,10-11H,8-9,12-13H2,1H3. The third-order valence-electron chi connectivity index (χ3n) is 4.62. The van der Waals surface area contributed by atoms with Crippen molar-refractivity contribution in [2.24, 2.45) is 0 Å². The van der Waals surface area contributed by atoms with Gasteiger partial charge in [-0.25, -0.2) is 13.8 Å². The van der Waals surface area contributed by atoms with Gasteiger partial charge in [0.15, 0.2) is 0 Å². The first-order chi connectivity index (χ1) is 13.1. The molecule has 4 nitrogen and oxygen atoms in total. The lowest BCUT2D eigenvalue weighted by Crippen LogP contribution is -2.31. The summed E-state index contributed by atoms with van der Waals surface area (Å²) in [6.45, 7) is 3.32. The fraction of sp³-hybridized carbons (Fsp3) is 0.238. The Morgan fingerprint density at radius 1 is 1.04 bits per heavy atom. The molecule has 0 spiro atoms. The van der Waals surface area contributed by atoms with Crippen LogP contribution in [0.1, 0.15) is 22.4 Å². The van der Waals surface area contributed by atoms with E-state index in [2.05, 4.69) is 33.1 Å². The highest BCUT2D eigenvalue weighted by atomic mass is 19.1. The van der Waals surface area contributed by atoms with Gasteiger partial charge < -0.3 is 9.64 Å². The lowest BCUT2D eigenvalue weighted by atomic mass is 10.0. The molecule has 0 aliphatic carbocycles. The molecule has 1 aromatic heterocycles. The number of ether oxygens (including phenoxy) is 1. The number of benzene rings is 2. The number of rotatable bonds is 4. The molecule has 0 amide bonds. The Balaban J connectivity index is 1.53. The molecule has 2 aromatic carbocycles. The fourth-order valence-corrected chi connectivity index (χ4v) is 3.21. The zero-order chi connectivity index (χ0) is 18.8. The molecule has 2 heterocycles. The van der Waals surface area contributed by atoms with E-state index in [1.807, 2.05) is 13.0 Å². The van der Waals surface area contributed by atoms with E-state index in [1.54, 1.807) is 6.07 Å². The molecule has 27 heavy (non-hydrogen) atoms. The smallest absolute Gasteiger partial charge is 0.229 e. The third-order valence-corrected chi connectivity index (χ3v) is 4.62. The first-order valence-corrected chi connectivity index (χ1v) is 8.82. The minimum Gasteiger partial charge on any atom is -0.473 e. The van der Waals surface area contributed by atoms with Crippen molar-refractivity contribution in [2.45, 2.75) is 26.5 Å². The predicted molar refractivity (Wildman–Crippen MR) is 98.7 cm³/mol. The number of nitrogens with zero attached hydrogens (tertiary/aromatic N) is 3. The highest BCUT2D eigenvalue weighted by molar-refractivity contribution is 5.41. The Morgan fingerprint density at radius 2 is 1.85 bits per heavy atom. The van der Waals surface area contributed by atoms with Gasteiger partial charge in [-0.2, -0.15) is 4.98 Å². The van der Waals surface area contributed by atoms with E-state index < -0.39 is 11.6 Å². The van der Waals surface area contributed by atoms with Gasteiger partial charge in [-0.1, -0.05) is 24.3 Å². The Hall–Kier alpha value is -3.02. The van der Waals surface area contributed by atoms with Crippen molar-refractivity contribution in [3.05, 3.63) is 82.5 Å². The number of aryl methyl sites for hydroxylation is 1. The van der Waals surface area contributed by atoms with Crippen LogP contribution in [0.3, 0.4) is 0 Å². The minimum absolute atomic E-state index is 0.0949. The van der Waals surface area contributed by atoms with Gasteiger partial charge in [-0.15, -0.1) is 0 Å². The number of aromatic nitrogens is 2. The van der Waals surface area contributed by atoms with E-state index in [0.717, 1.165) is 43.4 Å². The van der Waals surface area contributed by atoms with Crippen molar-refractivity contribution >= 4 is 5.95 Å². The number of hydrogen-bond acceptors (Lipinski definition) is 4. The zero-order valence-corrected chi connectivity index (χ0v) is 15.0. The Bertz CT molecular complexity index is 977. The second kappa shape index (κ2) is 7.31. The zero-order valence-electron chi connectivity index (χ0n) is 15.0. The molecular formula is C21H19F2N3O. The normalized spacial score (nSPS) is 13.4. The van der Waals surface area contributed by atoms with Gasteiger partial charge in [-0.3, -0.25) is 0 Å². The molecule has 6 heteroatoms. The van der Waals surface area contributed by atoms with Crippen molar-refractivity contribution in [3.63, 3.8) is 0 Å². The fourth-order valence-electron chi connectivity index (χ4n) is 3.21. The van der Waals surface area contributed by atoms with Crippen molar-refractivity contribution < 1.29 is 13.5 Å². The molecule has 0 saturated heterocycles. The monoisotopic (exact) mass is 367 g/mol. The summed E-state index contributed by atoms with van der Waals surface area (Å²) in [4.78, 5) is 11.1. The molecular weight excluding hydrogens is 348 g/mol. The van der Waals surface area contributed by atoms with Gasteiger partial charge in [0.25, 0.3) is 0 Å². The maximum Gasteiger partial charge on any atom is 0.229 e. The molecule has 138 valence electrons. The van der Waals surface area contributed by atoms with Gasteiger partial charge >= 0.3 is 0 Å². The molecule has 0 bridgehead atoms. The van der Waals surface area contributed by atoms with Crippen LogP contribution in [0, 0.1) is 18.6 Å². The van der Waals surface area contributed by atoms with Crippen LogP contribution in [0.2, 0.25) is 0 Å². The summed E-state index contributed by atoms with van der Waals surface area (Å²) in [6, 6.07) is 13.3. The van der Waals surface area contributed by atoms with Gasteiger partial charge in [0.1, 0.15) is 18.2 Å². The molecule has 3 aromatic rings. The largest absolute Gasteiger partial charge is 0.473 e. The third kappa shape index (κ3) is 3.89. The molecule has 1 aliphatic heterocycles. The molecule has 0 unspecified atom stereocenters. The first kappa shape index (κ1) is 17.4. The summed E-state index contributed by atoms with van der Waals surface area (Å²) in [6.07, 6.45) is 0.929. The summed E-state index contributed by atoms with van der Waals surface area (Å²) < 4.78 is 32.7. The van der Waals surface area contributed by atoms with E-state index in [1.165, 1.54) is 11.1 Å².